The minimum atomic E-state index is -4.84. The summed E-state index contributed by atoms with van der Waals surface area (Å²) in [6, 6.07) is 1.71. The molecule has 0 aromatic carbocycles. The first-order valence-corrected chi connectivity index (χ1v) is 8.23. The standard InChI is InChI=1S/C15H14ClF3N4OS/c1-14(2,3)8-6-25-13(21-8)7(5-20)10(24)9-11(15(17,18)19)22-23(4)12(9)16/h6,24H,1-4H3/b10-7+. The molecule has 1 N–H and O–H groups in total. The Morgan fingerprint density at radius 2 is 1.96 bits per heavy atom. The first-order valence-electron chi connectivity index (χ1n) is 6.97. The number of aliphatic hydroxyl groups excluding tert-OH is 1. The van der Waals surface area contributed by atoms with Crippen LogP contribution in [0.2, 0.25) is 5.15 Å². The minimum absolute atomic E-state index is 0.109. The second-order valence-electron chi connectivity index (χ2n) is 6.26. The van der Waals surface area contributed by atoms with E-state index in [1.54, 1.807) is 11.4 Å². The molecule has 0 radical (unpaired) electrons. The lowest BCUT2D eigenvalue weighted by atomic mass is 9.93. The maximum absolute atomic E-state index is 13.2. The van der Waals surface area contributed by atoms with Crippen LogP contribution in [0.5, 0.6) is 0 Å². The number of hydrogen-bond donors (Lipinski definition) is 1. The molecule has 0 bridgehead atoms. The topological polar surface area (TPSA) is 74.7 Å². The summed E-state index contributed by atoms with van der Waals surface area (Å²) < 4.78 is 40.3. The van der Waals surface area contributed by atoms with Crippen molar-refractivity contribution in [2.24, 2.45) is 7.05 Å². The largest absolute Gasteiger partial charge is 0.506 e. The molecule has 2 aromatic rings. The second-order valence-corrected chi connectivity index (χ2v) is 7.48. The Bertz CT molecular complexity index is 884. The van der Waals surface area contributed by atoms with E-state index in [9.17, 15) is 23.5 Å². The highest BCUT2D eigenvalue weighted by atomic mass is 35.5. The number of allylic oxidation sites excluding steroid dienone is 1. The third-order valence-corrected chi connectivity index (χ3v) is 4.61. The molecular formula is C15H14ClF3N4OS. The summed E-state index contributed by atoms with van der Waals surface area (Å²) in [4.78, 5) is 4.25. The number of hydrogen-bond acceptors (Lipinski definition) is 5. The number of aromatic nitrogens is 3. The first-order chi connectivity index (χ1) is 11.4. The molecule has 10 heteroatoms. The van der Waals surface area contributed by atoms with E-state index in [0.717, 1.165) is 16.0 Å². The van der Waals surface area contributed by atoms with Crippen molar-refractivity contribution in [2.45, 2.75) is 32.4 Å². The van der Waals surface area contributed by atoms with Gasteiger partial charge < -0.3 is 5.11 Å². The summed E-state index contributed by atoms with van der Waals surface area (Å²) in [6.07, 6.45) is -4.84. The fourth-order valence-electron chi connectivity index (χ4n) is 1.97. The van der Waals surface area contributed by atoms with Gasteiger partial charge in [0.15, 0.2) is 5.69 Å². The van der Waals surface area contributed by atoms with Crippen molar-refractivity contribution < 1.29 is 18.3 Å². The molecule has 0 saturated heterocycles. The zero-order chi connectivity index (χ0) is 19.2. The smallest absolute Gasteiger partial charge is 0.435 e. The van der Waals surface area contributed by atoms with E-state index in [4.69, 9.17) is 11.6 Å². The molecule has 0 atom stereocenters. The van der Waals surface area contributed by atoms with Crippen molar-refractivity contribution in [1.82, 2.24) is 14.8 Å². The van der Waals surface area contributed by atoms with Gasteiger partial charge in [0.2, 0.25) is 0 Å². The number of nitriles is 1. The van der Waals surface area contributed by atoms with Crippen LogP contribution in [0, 0.1) is 11.3 Å². The Kier molecular flexibility index (Phi) is 4.90. The molecule has 2 rings (SSSR count). The van der Waals surface area contributed by atoms with Gasteiger partial charge in [-0.15, -0.1) is 11.3 Å². The number of aliphatic hydroxyl groups is 1. The number of thiazole rings is 1. The molecule has 0 spiro atoms. The molecule has 134 valence electrons. The van der Waals surface area contributed by atoms with E-state index >= 15 is 0 Å². The molecule has 0 aliphatic heterocycles. The van der Waals surface area contributed by atoms with E-state index in [1.165, 1.54) is 7.05 Å². The molecule has 0 amide bonds. The van der Waals surface area contributed by atoms with Crippen molar-refractivity contribution in [1.29, 1.82) is 5.26 Å². The van der Waals surface area contributed by atoms with Crippen molar-refractivity contribution >= 4 is 34.3 Å². The van der Waals surface area contributed by atoms with Gasteiger partial charge in [0.05, 0.1) is 11.3 Å². The third kappa shape index (κ3) is 3.65. The molecule has 5 nitrogen and oxygen atoms in total. The molecule has 0 unspecified atom stereocenters. The van der Waals surface area contributed by atoms with E-state index in [2.05, 4.69) is 10.1 Å². The Labute approximate surface area is 151 Å². The SMILES string of the molecule is Cn1nc(C(F)(F)F)c(/C(O)=C(/C#N)c2nc(C(C)(C)C)cs2)c1Cl. The normalized spacial score (nSPS) is 13.6. The number of aryl methyl sites for hydroxylation is 1. The molecule has 0 saturated carbocycles. The second kappa shape index (κ2) is 6.35. The summed E-state index contributed by atoms with van der Waals surface area (Å²) in [7, 11) is 1.21. The van der Waals surface area contributed by atoms with Crippen LogP contribution in [0.25, 0.3) is 11.3 Å². The van der Waals surface area contributed by atoms with Crippen LogP contribution in [-0.2, 0) is 18.6 Å². The average molecular weight is 391 g/mol. The van der Waals surface area contributed by atoms with Gasteiger partial charge in [0, 0.05) is 17.8 Å². The van der Waals surface area contributed by atoms with Crippen LogP contribution < -0.4 is 0 Å². The first kappa shape index (κ1) is 19.3. The summed E-state index contributed by atoms with van der Waals surface area (Å²) in [6.45, 7) is 5.71. The van der Waals surface area contributed by atoms with E-state index in [-0.39, 0.29) is 16.0 Å². The van der Waals surface area contributed by atoms with Crippen LogP contribution in [0.3, 0.4) is 0 Å². The Morgan fingerprint density at radius 1 is 1.36 bits per heavy atom. The van der Waals surface area contributed by atoms with E-state index in [1.807, 2.05) is 20.8 Å². The van der Waals surface area contributed by atoms with Gasteiger partial charge in [0.25, 0.3) is 0 Å². The molecular weight excluding hydrogens is 377 g/mol. The van der Waals surface area contributed by atoms with E-state index in [0.29, 0.717) is 5.69 Å². The maximum Gasteiger partial charge on any atom is 0.435 e. The van der Waals surface area contributed by atoms with Crippen LogP contribution in [0.4, 0.5) is 13.2 Å². The minimum Gasteiger partial charge on any atom is -0.506 e. The highest BCUT2D eigenvalue weighted by Crippen LogP contribution is 2.40. The van der Waals surface area contributed by atoms with Gasteiger partial charge in [0.1, 0.15) is 27.6 Å². The van der Waals surface area contributed by atoms with Crippen molar-refractivity contribution in [2.75, 3.05) is 0 Å². The molecule has 0 fully saturated rings. The van der Waals surface area contributed by atoms with E-state index < -0.39 is 28.3 Å². The van der Waals surface area contributed by atoms with Gasteiger partial charge in [-0.1, -0.05) is 32.4 Å². The number of nitrogens with zero attached hydrogens (tertiary/aromatic N) is 4. The highest BCUT2D eigenvalue weighted by Gasteiger charge is 2.40. The summed E-state index contributed by atoms with van der Waals surface area (Å²) in [5.74, 6) is -0.900. The average Bonchev–Trinajstić information content (AvgIpc) is 3.05. The van der Waals surface area contributed by atoms with Crippen molar-refractivity contribution in [3.05, 3.63) is 32.5 Å². The zero-order valence-electron chi connectivity index (χ0n) is 13.7. The van der Waals surface area contributed by atoms with Gasteiger partial charge in [-0.3, -0.25) is 4.68 Å². The Morgan fingerprint density at radius 3 is 2.40 bits per heavy atom. The monoisotopic (exact) mass is 390 g/mol. The van der Waals surface area contributed by atoms with Gasteiger partial charge in [-0.2, -0.15) is 23.5 Å². The van der Waals surface area contributed by atoms with Gasteiger partial charge in [-0.25, -0.2) is 4.98 Å². The quantitative estimate of drug-likeness (QED) is 0.590. The predicted octanol–water partition coefficient (Wildman–Crippen LogP) is 4.80. The Balaban J connectivity index is 2.70. The highest BCUT2D eigenvalue weighted by molar-refractivity contribution is 7.11. The molecule has 2 heterocycles. The summed E-state index contributed by atoms with van der Waals surface area (Å²) in [5.41, 5.74) is -2.14. The van der Waals surface area contributed by atoms with Crippen LogP contribution in [-0.4, -0.2) is 19.9 Å². The lowest BCUT2D eigenvalue weighted by Crippen LogP contribution is -2.11. The third-order valence-electron chi connectivity index (χ3n) is 3.32. The van der Waals surface area contributed by atoms with Crippen LogP contribution >= 0.6 is 22.9 Å². The fraction of sp³-hybridized carbons (Fsp3) is 0.400. The van der Waals surface area contributed by atoms with Crippen molar-refractivity contribution in [3.8, 4) is 6.07 Å². The Hall–Kier alpha value is -2.05. The number of rotatable bonds is 2. The van der Waals surface area contributed by atoms with Crippen LogP contribution in [0.1, 0.15) is 42.7 Å². The fourth-order valence-corrected chi connectivity index (χ4v) is 3.23. The lowest BCUT2D eigenvalue weighted by Gasteiger charge is -2.14. The molecule has 0 aliphatic rings. The number of alkyl halides is 3. The molecule has 0 aliphatic carbocycles. The zero-order valence-corrected chi connectivity index (χ0v) is 15.3. The molecule has 25 heavy (non-hydrogen) atoms. The summed E-state index contributed by atoms with van der Waals surface area (Å²) >= 11 is 6.92. The number of halogens is 4. The van der Waals surface area contributed by atoms with Crippen LogP contribution in [0.15, 0.2) is 5.38 Å². The summed E-state index contributed by atoms with van der Waals surface area (Å²) in [5, 5.41) is 24.4. The van der Waals surface area contributed by atoms with Gasteiger partial charge in [-0.05, 0) is 0 Å². The van der Waals surface area contributed by atoms with Gasteiger partial charge >= 0.3 is 6.18 Å². The lowest BCUT2D eigenvalue weighted by molar-refractivity contribution is -0.141. The molecule has 2 aromatic heterocycles. The van der Waals surface area contributed by atoms with Crippen molar-refractivity contribution in [3.63, 3.8) is 0 Å². The maximum atomic E-state index is 13.2. The predicted molar refractivity (Wildman–Crippen MR) is 89.1 cm³/mol.